The third-order valence-corrected chi connectivity index (χ3v) is 6.97. The van der Waals surface area contributed by atoms with E-state index in [9.17, 15) is 4.39 Å². The molecular weight excluding hydrogens is 431 g/mol. The van der Waals surface area contributed by atoms with Gasteiger partial charge in [-0.05, 0) is 56.0 Å². The second-order valence-electron chi connectivity index (χ2n) is 9.46. The smallest absolute Gasteiger partial charge is 0.144 e. The summed E-state index contributed by atoms with van der Waals surface area (Å²) >= 11 is 0. The molecule has 4 aromatic heterocycles. The lowest BCUT2D eigenvalue weighted by atomic mass is 9.81. The molecule has 0 aromatic carbocycles. The molecular formula is C25H27FN8. The highest BCUT2D eigenvalue weighted by atomic mass is 19.1. The predicted molar refractivity (Wildman–Crippen MR) is 127 cm³/mol. The van der Waals surface area contributed by atoms with Crippen molar-refractivity contribution in [3.8, 4) is 11.1 Å². The van der Waals surface area contributed by atoms with Crippen LogP contribution in [0.3, 0.4) is 0 Å². The molecule has 1 saturated carbocycles. The van der Waals surface area contributed by atoms with Gasteiger partial charge in [0.05, 0.1) is 34.7 Å². The lowest BCUT2D eigenvalue weighted by Crippen LogP contribution is -2.38. The van der Waals surface area contributed by atoms with Crippen LogP contribution in [0, 0.1) is 18.7 Å². The van der Waals surface area contributed by atoms with Gasteiger partial charge in [-0.25, -0.2) is 9.82 Å². The Morgan fingerprint density at radius 1 is 1.06 bits per heavy atom. The molecule has 2 fully saturated rings. The van der Waals surface area contributed by atoms with Gasteiger partial charge in [0.25, 0.3) is 0 Å². The van der Waals surface area contributed by atoms with E-state index in [1.165, 1.54) is 6.07 Å². The first-order chi connectivity index (χ1) is 16.5. The Bertz CT molecular complexity index is 1350. The van der Waals surface area contributed by atoms with Gasteiger partial charge in [0.1, 0.15) is 5.82 Å². The third kappa shape index (κ3) is 3.96. The molecule has 174 valence electrons. The van der Waals surface area contributed by atoms with Crippen LogP contribution in [0.4, 0.5) is 4.39 Å². The minimum Gasteiger partial charge on any atom is -0.328 e. The number of hydrogen-bond donors (Lipinski definition) is 3. The minimum absolute atomic E-state index is 0.0574. The van der Waals surface area contributed by atoms with Crippen molar-refractivity contribution in [1.82, 2.24) is 35.6 Å². The molecule has 0 bridgehead atoms. The number of aryl methyl sites for hydroxylation is 1. The zero-order chi connectivity index (χ0) is 23.2. The molecule has 8 nitrogen and oxygen atoms in total. The van der Waals surface area contributed by atoms with Gasteiger partial charge in [-0.3, -0.25) is 25.1 Å². The van der Waals surface area contributed by atoms with Gasteiger partial charge >= 0.3 is 0 Å². The van der Waals surface area contributed by atoms with Crippen molar-refractivity contribution in [3.63, 3.8) is 0 Å². The van der Waals surface area contributed by atoms with Gasteiger partial charge in [-0.2, -0.15) is 5.10 Å². The Kier molecular flexibility index (Phi) is 5.32. The van der Waals surface area contributed by atoms with E-state index < -0.39 is 0 Å². The highest BCUT2D eigenvalue weighted by molar-refractivity contribution is 5.80. The number of hydrazine groups is 1. The predicted octanol–water partition coefficient (Wildman–Crippen LogP) is 3.01. The van der Waals surface area contributed by atoms with Crippen molar-refractivity contribution in [2.45, 2.75) is 44.3 Å². The van der Waals surface area contributed by atoms with Crippen LogP contribution in [0.15, 0.2) is 48.9 Å². The zero-order valence-electron chi connectivity index (χ0n) is 18.9. The molecule has 1 aliphatic carbocycles. The van der Waals surface area contributed by atoms with E-state index >= 15 is 0 Å². The molecule has 9 heteroatoms. The number of halogens is 1. The summed E-state index contributed by atoms with van der Waals surface area (Å²) in [5.74, 6) is 0.373. The van der Waals surface area contributed by atoms with E-state index in [1.807, 2.05) is 29.2 Å². The summed E-state index contributed by atoms with van der Waals surface area (Å²) in [5.41, 5.74) is 18.2. The Labute approximate surface area is 196 Å². The maximum absolute atomic E-state index is 13.7. The first-order valence-corrected chi connectivity index (χ1v) is 11.7. The Morgan fingerprint density at radius 2 is 1.91 bits per heavy atom. The fourth-order valence-corrected chi connectivity index (χ4v) is 4.99. The van der Waals surface area contributed by atoms with Crippen LogP contribution in [-0.4, -0.2) is 37.3 Å². The standard InChI is InChI=1S/C25H27FN8/c1-14-20(26)2-3-23(31-14)25-19(11-29-33-25)21-4-5-22-24(32-21)8-16(9-28-22)17-10-30-34(13-17)12-15-6-18(27)7-15/h2-5,8-10,13,15,18-19,25,29,33H,6-7,11-12,27H2,1H3. The molecule has 5 heterocycles. The van der Waals surface area contributed by atoms with E-state index in [-0.39, 0.29) is 17.8 Å². The van der Waals surface area contributed by atoms with Crippen LogP contribution in [-0.2, 0) is 6.54 Å². The number of fused-ring (bicyclic) bond motifs is 1. The van der Waals surface area contributed by atoms with Gasteiger partial charge in [0.2, 0.25) is 0 Å². The maximum Gasteiger partial charge on any atom is 0.144 e. The fraction of sp³-hybridized carbons (Fsp3) is 0.360. The molecule has 1 aliphatic heterocycles. The van der Waals surface area contributed by atoms with Gasteiger partial charge < -0.3 is 5.73 Å². The second kappa shape index (κ2) is 8.50. The number of aromatic nitrogens is 5. The quantitative estimate of drug-likeness (QED) is 0.422. The number of rotatable bonds is 5. The second-order valence-corrected chi connectivity index (χ2v) is 9.46. The number of hydrogen-bond acceptors (Lipinski definition) is 7. The summed E-state index contributed by atoms with van der Waals surface area (Å²) in [4.78, 5) is 14.0. The Hall–Kier alpha value is -3.27. The van der Waals surface area contributed by atoms with Crippen molar-refractivity contribution < 1.29 is 4.39 Å². The highest BCUT2D eigenvalue weighted by Crippen LogP contribution is 2.33. The van der Waals surface area contributed by atoms with Gasteiger partial charge in [0, 0.05) is 54.3 Å². The summed E-state index contributed by atoms with van der Waals surface area (Å²) in [6.07, 6.45) is 7.96. The summed E-state index contributed by atoms with van der Waals surface area (Å²) in [6, 6.07) is 9.53. The summed E-state index contributed by atoms with van der Waals surface area (Å²) in [7, 11) is 0. The Morgan fingerprint density at radius 3 is 2.74 bits per heavy atom. The molecule has 0 radical (unpaired) electrons. The molecule has 34 heavy (non-hydrogen) atoms. The van der Waals surface area contributed by atoms with E-state index in [0.717, 1.165) is 52.9 Å². The number of nitrogens with zero attached hydrogens (tertiary/aromatic N) is 5. The molecule has 4 aromatic rings. The lowest BCUT2D eigenvalue weighted by molar-refractivity contribution is 0.227. The van der Waals surface area contributed by atoms with Crippen molar-refractivity contribution in [2.24, 2.45) is 11.7 Å². The highest BCUT2D eigenvalue weighted by Gasteiger charge is 2.32. The topological polar surface area (TPSA) is 107 Å². The molecule has 0 amide bonds. The monoisotopic (exact) mass is 458 g/mol. The number of nitrogens with two attached hydrogens (primary N) is 1. The van der Waals surface area contributed by atoms with Gasteiger partial charge in [-0.15, -0.1) is 0 Å². The van der Waals surface area contributed by atoms with E-state index in [4.69, 9.17) is 10.7 Å². The van der Waals surface area contributed by atoms with Crippen LogP contribution in [0.5, 0.6) is 0 Å². The van der Waals surface area contributed by atoms with Crippen molar-refractivity contribution in [3.05, 3.63) is 71.8 Å². The first-order valence-electron chi connectivity index (χ1n) is 11.7. The molecule has 2 atom stereocenters. The van der Waals surface area contributed by atoms with Gasteiger partial charge in [0.15, 0.2) is 0 Å². The van der Waals surface area contributed by atoms with Crippen molar-refractivity contribution in [1.29, 1.82) is 0 Å². The van der Waals surface area contributed by atoms with Crippen LogP contribution in [0.25, 0.3) is 22.2 Å². The first kappa shape index (κ1) is 21.3. The molecule has 6 rings (SSSR count). The van der Waals surface area contributed by atoms with E-state index in [1.54, 1.807) is 13.0 Å². The number of nitrogens with one attached hydrogen (secondary N) is 2. The average molecular weight is 459 g/mol. The zero-order valence-corrected chi connectivity index (χ0v) is 18.9. The summed E-state index contributed by atoms with van der Waals surface area (Å²) in [6.45, 7) is 3.28. The molecule has 2 aliphatic rings. The molecule has 1 saturated heterocycles. The molecule has 0 spiro atoms. The van der Waals surface area contributed by atoms with Crippen LogP contribution >= 0.6 is 0 Å². The fourth-order valence-electron chi connectivity index (χ4n) is 4.99. The average Bonchev–Trinajstić information content (AvgIpc) is 3.49. The SMILES string of the molecule is Cc1nc(C2NNCC2c2ccc3ncc(-c4cnn(CC5CC(N)C5)c4)cc3n2)ccc1F. The van der Waals surface area contributed by atoms with Crippen LogP contribution < -0.4 is 16.6 Å². The van der Waals surface area contributed by atoms with E-state index in [2.05, 4.69) is 38.2 Å². The van der Waals surface area contributed by atoms with Crippen molar-refractivity contribution >= 4 is 11.0 Å². The van der Waals surface area contributed by atoms with Gasteiger partial charge in [-0.1, -0.05) is 0 Å². The third-order valence-electron chi connectivity index (χ3n) is 6.97. The largest absolute Gasteiger partial charge is 0.328 e. The lowest BCUT2D eigenvalue weighted by Gasteiger charge is -2.32. The molecule has 4 N–H and O–H groups in total. The normalized spacial score (nSPS) is 24.4. The molecule has 2 unspecified atom stereocenters. The van der Waals surface area contributed by atoms with Crippen molar-refractivity contribution in [2.75, 3.05) is 6.54 Å². The number of pyridine rings is 3. The minimum atomic E-state index is -0.298. The summed E-state index contributed by atoms with van der Waals surface area (Å²) in [5, 5.41) is 4.53. The van der Waals surface area contributed by atoms with E-state index in [0.29, 0.717) is 24.2 Å². The summed E-state index contributed by atoms with van der Waals surface area (Å²) < 4.78 is 15.7. The van der Waals surface area contributed by atoms with Crippen LogP contribution in [0.1, 0.15) is 41.9 Å². The van der Waals surface area contributed by atoms with Crippen LogP contribution in [0.2, 0.25) is 0 Å². The Balaban J connectivity index is 1.27. The maximum atomic E-state index is 13.7.